The zero-order valence-electron chi connectivity index (χ0n) is 14.3. The second kappa shape index (κ2) is 7.79. The van der Waals surface area contributed by atoms with Gasteiger partial charge in [0.2, 0.25) is 0 Å². The number of hydrogen-bond donors (Lipinski definition) is 2. The highest BCUT2D eigenvalue weighted by Gasteiger charge is 2.27. The lowest BCUT2D eigenvalue weighted by Gasteiger charge is -2.27. The quantitative estimate of drug-likeness (QED) is 0.773. The van der Waals surface area contributed by atoms with E-state index in [2.05, 4.69) is 0 Å². The average Bonchev–Trinajstić information content (AvgIpc) is 2.53. The molecule has 0 radical (unpaired) electrons. The number of anilines is 1. The SMILES string of the molecule is Cc1ccc(S(=O)(=O)N(C[C@@H](O)C[NH+](C)C)c2ccccc2)cc1. The van der Waals surface area contributed by atoms with Gasteiger partial charge >= 0.3 is 0 Å². The first-order valence-corrected chi connectivity index (χ1v) is 9.36. The molecule has 0 aliphatic rings. The maximum absolute atomic E-state index is 13.1. The van der Waals surface area contributed by atoms with Crippen molar-refractivity contribution < 1.29 is 18.4 Å². The highest BCUT2D eigenvalue weighted by Crippen LogP contribution is 2.24. The van der Waals surface area contributed by atoms with E-state index in [0.29, 0.717) is 12.2 Å². The molecule has 24 heavy (non-hydrogen) atoms. The van der Waals surface area contributed by atoms with Gasteiger partial charge in [0.15, 0.2) is 0 Å². The zero-order chi connectivity index (χ0) is 17.7. The number of quaternary nitrogens is 1. The van der Waals surface area contributed by atoms with Crippen LogP contribution in [0, 0.1) is 6.92 Å². The third kappa shape index (κ3) is 4.56. The van der Waals surface area contributed by atoms with Crippen molar-refractivity contribution >= 4 is 15.7 Å². The lowest BCUT2D eigenvalue weighted by molar-refractivity contribution is -0.861. The molecule has 0 saturated carbocycles. The van der Waals surface area contributed by atoms with Gasteiger partial charge in [-0.3, -0.25) is 4.31 Å². The summed E-state index contributed by atoms with van der Waals surface area (Å²) in [4.78, 5) is 1.28. The number of para-hydroxylation sites is 1. The van der Waals surface area contributed by atoms with Crippen LogP contribution in [0.2, 0.25) is 0 Å². The summed E-state index contributed by atoms with van der Waals surface area (Å²) < 4.78 is 27.4. The number of nitrogens with zero attached hydrogens (tertiary/aromatic N) is 1. The lowest BCUT2D eigenvalue weighted by atomic mass is 10.2. The van der Waals surface area contributed by atoms with Crippen LogP contribution in [0.15, 0.2) is 59.5 Å². The van der Waals surface area contributed by atoms with E-state index in [1.165, 1.54) is 4.31 Å². The molecule has 0 fully saturated rings. The minimum Gasteiger partial charge on any atom is -0.385 e. The Morgan fingerprint density at radius 3 is 2.17 bits per heavy atom. The summed E-state index contributed by atoms with van der Waals surface area (Å²) in [5, 5.41) is 10.3. The molecular formula is C18H25N2O3S+. The second-order valence-corrected chi connectivity index (χ2v) is 8.11. The van der Waals surface area contributed by atoms with Crippen LogP contribution in [0.1, 0.15) is 5.56 Å². The molecule has 2 rings (SSSR count). The van der Waals surface area contributed by atoms with Gasteiger partial charge in [0.25, 0.3) is 10.0 Å². The Morgan fingerprint density at radius 2 is 1.62 bits per heavy atom. The highest BCUT2D eigenvalue weighted by molar-refractivity contribution is 7.92. The van der Waals surface area contributed by atoms with Crippen LogP contribution < -0.4 is 9.21 Å². The Morgan fingerprint density at radius 1 is 1.04 bits per heavy atom. The van der Waals surface area contributed by atoms with Gasteiger partial charge in [-0.25, -0.2) is 8.42 Å². The molecule has 1 atom stereocenters. The number of likely N-dealkylation sites (N-methyl/N-ethyl adjacent to an activating group) is 1. The molecule has 0 unspecified atom stereocenters. The molecule has 0 aliphatic heterocycles. The van der Waals surface area contributed by atoms with Crippen LogP contribution in [-0.4, -0.2) is 46.8 Å². The molecule has 0 heterocycles. The summed E-state index contributed by atoms with van der Waals surface area (Å²) in [5.74, 6) is 0. The number of aryl methyl sites for hydroxylation is 1. The first kappa shape index (κ1) is 18.4. The van der Waals surface area contributed by atoms with Crippen molar-refractivity contribution in [3.63, 3.8) is 0 Å². The first-order chi connectivity index (χ1) is 11.3. The average molecular weight is 349 g/mol. The summed E-state index contributed by atoms with van der Waals surface area (Å²) in [6.45, 7) is 2.40. The molecular weight excluding hydrogens is 324 g/mol. The van der Waals surface area contributed by atoms with Gasteiger partial charge in [0.05, 0.1) is 31.2 Å². The standard InChI is InChI=1S/C18H24N2O3S/c1-15-9-11-18(12-10-15)24(22,23)20(14-17(21)13-19(2)3)16-7-5-4-6-8-16/h4-12,17,21H,13-14H2,1-3H3/p+1/t17-/m0/s1. The maximum Gasteiger partial charge on any atom is 0.264 e. The van der Waals surface area contributed by atoms with Crippen molar-refractivity contribution in [1.29, 1.82) is 0 Å². The third-order valence-corrected chi connectivity index (χ3v) is 5.48. The van der Waals surface area contributed by atoms with Crippen molar-refractivity contribution in [3.05, 3.63) is 60.2 Å². The second-order valence-electron chi connectivity index (χ2n) is 6.25. The fraction of sp³-hybridized carbons (Fsp3) is 0.333. The number of aliphatic hydroxyl groups is 1. The van der Waals surface area contributed by atoms with E-state index >= 15 is 0 Å². The fourth-order valence-corrected chi connectivity index (χ4v) is 4.00. The predicted octanol–water partition coefficient (Wildman–Crippen LogP) is 0.696. The van der Waals surface area contributed by atoms with E-state index in [0.717, 1.165) is 10.5 Å². The molecule has 6 heteroatoms. The van der Waals surface area contributed by atoms with Gasteiger partial charge in [-0.05, 0) is 31.2 Å². The minimum atomic E-state index is -3.74. The van der Waals surface area contributed by atoms with E-state index in [4.69, 9.17) is 0 Å². The van der Waals surface area contributed by atoms with E-state index in [1.54, 1.807) is 48.5 Å². The summed E-state index contributed by atoms with van der Waals surface area (Å²) >= 11 is 0. The number of aliphatic hydroxyl groups excluding tert-OH is 1. The fourth-order valence-electron chi connectivity index (χ4n) is 2.50. The largest absolute Gasteiger partial charge is 0.385 e. The molecule has 0 aromatic heterocycles. The van der Waals surface area contributed by atoms with Crippen molar-refractivity contribution in [2.45, 2.75) is 17.9 Å². The third-order valence-electron chi connectivity index (χ3n) is 3.67. The monoisotopic (exact) mass is 349 g/mol. The van der Waals surface area contributed by atoms with Crippen LogP contribution in [0.3, 0.4) is 0 Å². The van der Waals surface area contributed by atoms with Crippen LogP contribution in [0.5, 0.6) is 0 Å². The number of nitrogens with one attached hydrogen (secondary N) is 1. The van der Waals surface area contributed by atoms with E-state index < -0.39 is 16.1 Å². The topological polar surface area (TPSA) is 62.0 Å². The van der Waals surface area contributed by atoms with Crippen molar-refractivity contribution in [2.24, 2.45) is 0 Å². The van der Waals surface area contributed by atoms with E-state index in [1.807, 2.05) is 27.1 Å². The van der Waals surface area contributed by atoms with Gasteiger partial charge in [0.1, 0.15) is 12.6 Å². The van der Waals surface area contributed by atoms with E-state index in [9.17, 15) is 13.5 Å². The Hall–Kier alpha value is -1.89. The number of benzene rings is 2. The van der Waals surface area contributed by atoms with Gasteiger partial charge in [-0.15, -0.1) is 0 Å². The maximum atomic E-state index is 13.1. The van der Waals surface area contributed by atoms with Crippen molar-refractivity contribution in [2.75, 3.05) is 31.5 Å². The normalized spacial score (nSPS) is 13.0. The van der Waals surface area contributed by atoms with Gasteiger partial charge in [0, 0.05) is 0 Å². The number of hydrogen-bond acceptors (Lipinski definition) is 3. The molecule has 0 saturated heterocycles. The van der Waals surface area contributed by atoms with Gasteiger partial charge in [-0.2, -0.15) is 0 Å². The molecule has 2 N–H and O–H groups in total. The Labute approximate surface area is 144 Å². The molecule has 0 aliphatic carbocycles. The van der Waals surface area contributed by atoms with Crippen molar-refractivity contribution in [1.82, 2.24) is 0 Å². The molecule has 2 aromatic rings. The summed E-state index contributed by atoms with van der Waals surface area (Å²) in [5.41, 5.74) is 1.54. The molecule has 0 spiro atoms. The van der Waals surface area contributed by atoms with Crippen molar-refractivity contribution in [3.8, 4) is 0 Å². The molecule has 2 aromatic carbocycles. The smallest absolute Gasteiger partial charge is 0.264 e. The van der Waals surface area contributed by atoms with Gasteiger partial charge < -0.3 is 10.0 Å². The molecule has 5 nitrogen and oxygen atoms in total. The molecule has 130 valence electrons. The van der Waals surface area contributed by atoms with Crippen LogP contribution in [0.4, 0.5) is 5.69 Å². The van der Waals surface area contributed by atoms with Crippen LogP contribution in [0.25, 0.3) is 0 Å². The lowest BCUT2D eigenvalue weighted by Crippen LogP contribution is -3.07. The molecule has 0 amide bonds. The predicted molar refractivity (Wildman–Crippen MR) is 95.8 cm³/mol. The zero-order valence-corrected chi connectivity index (χ0v) is 15.1. The first-order valence-electron chi connectivity index (χ1n) is 7.92. The van der Waals surface area contributed by atoms with Crippen LogP contribution in [-0.2, 0) is 10.0 Å². The van der Waals surface area contributed by atoms with Gasteiger partial charge in [-0.1, -0.05) is 35.9 Å². The highest BCUT2D eigenvalue weighted by atomic mass is 32.2. The number of rotatable bonds is 7. The Bertz CT molecular complexity index is 744. The van der Waals surface area contributed by atoms with E-state index in [-0.39, 0.29) is 11.4 Å². The summed E-state index contributed by atoms with van der Waals surface area (Å²) in [7, 11) is 0.105. The minimum absolute atomic E-state index is 0.0192. The summed E-state index contributed by atoms with van der Waals surface area (Å²) in [6.07, 6.45) is -0.754. The molecule has 0 bridgehead atoms. The summed E-state index contributed by atoms with van der Waals surface area (Å²) in [6, 6.07) is 15.6. The Balaban J connectivity index is 2.39. The Kier molecular flexibility index (Phi) is 5.99. The number of sulfonamides is 1. The van der Waals surface area contributed by atoms with Crippen LogP contribution >= 0.6 is 0 Å².